The second kappa shape index (κ2) is 14.3. The zero-order valence-corrected chi connectivity index (χ0v) is 26.4. The Morgan fingerprint density at radius 2 is 1.72 bits per heavy atom. The van der Waals surface area contributed by atoms with Crippen molar-refractivity contribution < 1.29 is 42.0 Å². The van der Waals surface area contributed by atoms with E-state index in [1.807, 2.05) is 36.5 Å². The van der Waals surface area contributed by atoms with Crippen molar-refractivity contribution in [2.45, 2.75) is 75.9 Å². The molecule has 1 saturated heterocycles. The first-order valence-corrected chi connectivity index (χ1v) is 16.4. The van der Waals surface area contributed by atoms with Gasteiger partial charge in [0, 0.05) is 42.2 Å². The molecule has 9 nitrogen and oxygen atoms in total. The van der Waals surface area contributed by atoms with Gasteiger partial charge in [0.2, 0.25) is 0 Å². The largest absolute Gasteiger partial charge is 0.497 e. The van der Waals surface area contributed by atoms with Gasteiger partial charge in [-0.05, 0) is 86.1 Å². The van der Waals surface area contributed by atoms with Gasteiger partial charge in [-0.1, -0.05) is 25.0 Å². The van der Waals surface area contributed by atoms with Crippen molar-refractivity contribution in [1.82, 2.24) is 9.78 Å². The smallest absolute Gasteiger partial charge is 0.495 e. The number of carbonyl (C=O) groups excluding carboxylic acids is 2. The maximum Gasteiger partial charge on any atom is 0.495 e. The van der Waals surface area contributed by atoms with Crippen LogP contribution in [0.1, 0.15) is 75.3 Å². The molecule has 3 fully saturated rings. The third kappa shape index (κ3) is 8.20. The lowest BCUT2D eigenvalue weighted by atomic mass is 9.91. The van der Waals surface area contributed by atoms with Crippen LogP contribution in [0.25, 0.3) is 11.1 Å². The Morgan fingerprint density at radius 1 is 0.957 bits per heavy atom. The molecule has 2 aliphatic carbocycles. The Morgan fingerprint density at radius 3 is 2.43 bits per heavy atom. The molecule has 12 heteroatoms. The summed E-state index contributed by atoms with van der Waals surface area (Å²) in [5.41, 5.74) is 4.23. The van der Waals surface area contributed by atoms with Crippen LogP contribution in [0.15, 0.2) is 54.9 Å². The first-order valence-electron chi connectivity index (χ1n) is 16.4. The molecule has 0 amide bonds. The van der Waals surface area contributed by atoms with Crippen LogP contribution in [0, 0.1) is 11.8 Å². The van der Waals surface area contributed by atoms with E-state index >= 15 is 0 Å². The number of hydrogen-bond acceptors (Lipinski definition) is 8. The zero-order valence-electron chi connectivity index (χ0n) is 26.4. The molecule has 2 aromatic carbocycles. The number of halogens is 3. The number of rotatable bonds is 11. The van der Waals surface area contributed by atoms with Crippen LogP contribution in [0.5, 0.6) is 11.5 Å². The van der Waals surface area contributed by atoms with Crippen molar-refractivity contribution in [3.05, 3.63) is 60.4 Å². The van der Waals surface area contributed by atoms with Gasteiger partial charge < -0.3 is 14.4 Å². The van der Waals surface area contributed by atoms with Crippen molar-refractivity contribution in [1.29, 1.82) is 0 Å². The summed E-state index contributed by atoms with van der Waals surface area (Å²) in [5.74, 6) is -1.84. The van der Waals surface area contributed by atoms with E-state index in [4.69, 9.17) is 14.6 Å². The normalized spacial score (nSPS) is 18.2. The first-order chi connectivity index (χ1) is 22.7. The number of nitrogens with zero attached hydrogens (tertiary/aromatic N) is 3. The number of ether oxygens (including phenoxy) is 2. The van der Waals surface area contributed by atoms with Crippen LogP contribution in [0.2, 0.25) is 0 Å². The minimum atomic E-state index is -5.24. The average Bonchev–Trinajstić information content (AvgIpc) is 3.53. The molecule has 2 heterocycles. The molecule has 0 spiro atoms. The fourth-order valence-electron chi connectivity index (χ4n) is 6.78. The molecule has 0 N–H and O–H groups in total. The highest BCUT2D eigenvalue weighted by Gasteiger charge is 2.43. The van der Waals surface area contributed by atoms with Gasteiger partial charge in [0.15, 0.2) is 0 Å². The third-order valence-corrected chi connectivity index (χ3v) is 9.56. The third-order valence-electron chi connectivity index (χ3n) is 9.56. The molecule has 1 aliphatic heterocycles. The zero-order chi connectivity index (χ0) is 33.0. The summed E-state index contributed by atoms with van der Waals surface area (Å²) in [7, 11) is 1.68. The number of alkyl halides is 3. The quantitative estimate of drug-likeness (QED) is 0.156. The molecule has 3 aliphatic rings. The number of piperidine rings is 1. The first kappa shape index (κ1) is 32.7. The molecule has 1 aromatic heterocycles. The van der Waals surface area contributed by atoms with Crippen LogP contribution in [-0.4, -0.2) is 54.7 Å². The van der Waals surface area contributed by atoms with E-state index in [0.29, 0.717) is 24.3 Å². The highest BCUT2D eigenvalue weighted by molar-refractivity contribution is 5.79. The van der Waals surface area contributed by atoms with Gasteiger partial charge in [0.1, 0.15) is 11.5 Å². The summed E-state index contributed by atoms with van der Waals surface area (Å²) in [5, 5.41) is 4.71. The van der Waals surface area contributed by atoms with Crippen LogP contribution in [0.4, 0.5) is 18.9 Å². The van der Waals surface area contributed by atoms with Crippen LogP contribution < -0.4 is 14.4 Å². The van der Waals surface area contributed by atoms with Crippen LogP contribution >= 0.6 is 0 Å². The molecule has 0 unspecified atom stereocenters. The second-order valence-corrected chi connectivity index (χ2v) is 12.8. The lowest BCUT2D eigenvalue weighted by Crippen LogP contribution is -2.35. The standard InChI is InChI=1S/C35H40F3N3O6/c1-44-28-11-12-30(26-20-39-41(21-26)27-6-2-3-7-27)32(18-28)40-15-13-23(14-16-40)22-45-29-8-4-5-25(17-29)31(24-9-10-24)19-33(42)46-47-34(43)35(36,37)38/h4-5,8,11-12,17-18,20-21,23-24,27,31H,2-3,6-7,9-10,13-16,19,22H2,1H3/t31-/m0/s1. The van der Waals surface area contributed by atoms with E-state index in [9.17, 15) is 22.8 Å². The molecule has 252 valence electrons. The van der Waals surface area contributed by atoms with Crippen molar-refractivity contribution in [2.75, 3.05) is 31.7 Å². The van der Waals surface area contributed by atoms with Gasteiger partial charge in [-0.25, -0.2) is 19.4 Å². The Bertz CT molecular complexity index is 1540. The molecule has 3 aromatic rings. The molecule has 0 radical (unpaired) electrons. The highest BCUT2D eigenvalue weighted by atomic mass is 19.4. The summed E-state index contributed by atoms with van der Waals surface area (Å²) in [4.78, 5) is 33.4. The highest BCUT2D eigenvalue weighted by Crippen LogP contribution is 2.45. The number of hydrogen-bond donors (Lipinski definition) is 0. The van der Waals surface area contributed by atoms with Gasteiger partial charge in [-0.2, -0.15) is 18.3 Å². The monoisotopic (exact) mass is 655 g/mol. The van der Waals surface area contributed by atoms with Gasteiger partial charge in [-0.3, -0.25) is 4.68 Å². The van der Waals surface area contributed by atoms with Crippen molar-refractivity contribution in [3.8, 4) is 22.6 Å². The van der Waals surface area contributed by atoms with E-state index in [-0.39, 0.29) is 18.3 Å². The van der Waals surface area contributed by atoms with E-state index in [1.54, 1.807) is 7.11 Å². The maximum absolute atomic E-state index is 12.4. The van der Waals surface area contributed by atoms with E-state index < -0.39 is 18.1 Å². The minimum absolute atomic E-state index is 0.194. The van der Waals surface area contributed by atoms with Gasteiger partial charge in [0.05, 0.1) is 32.4 Å². The van der Waals surface area contributed by atoms with Crippen LogP contribution in [0.3, 0.4) is 0 Å². The maximum atomic E-state index is 12.4. The predicted molar refractivity (Wildman–Crippen MR) is 167 cm³/mol. The van der Waals surface area contributed by atoms with Crippen LogP contribution in [-0.2, 0) is 19.4 Å². The SMILES string of the molecule is COc1ccc(-c2cnn(C3CCCC3)c2)c(N2CCC(COc3cccc([C@@H](CC(=O)OOC(=O)C(F)(F)F)C4CC4)c3)CC2)c1. The fourth-order valence-corrected chi connectivity index (χ4v) is 6.78. The summed E-state index contributed by atoms with van der Waals surface area (Å²) >= 11 is 0. The number of carbonyl (C=O) groups is 2. The number of aromatic nitrogens is 2. The Balaban J connectivity index is 1.04. The van der Waals surface area contributed by atoms with Gasteiger partial charge >= 0.3 is 18.1 Å². The Kier molecular flexibility index (Phi) is 9.93. The average molecular weight is 656 g/mol. The van der Waals surface area contributed by atoms with Gasteiger partial charge in [0.25, 0.3) is 0 Å². The summed E-state index contributed by atoms with van der Waals surface area (Å²) in [6.07, 6.45) is 7.25. The molecular weight excluding hydrogens is 615 g/mol. The minimum Gasteiger partial charge on any atom is -0.497 e. The lowest BCUT2D eigenvalue weighted by molar-refractivity contribution is -0.286. The number of anilines is 1. The Labute approximate surface area is 271 Å². The van der Waals surface area contributed by atoms with E-state index in [1.165, 1.54) is 25.7 Å². The summed E-state index contributed by atoms with van der Waals surface area (Å²) in [6.45, 7) is 2.28. The molecule has 2 saturated carbocycles. The molecule has 0 bridgehead atoms. The molecule has 47 heavy (non-hydrogen) atoms. The van der Waals surface area contributed by atoms with E-state index in [2.05, 4.69) is 37.7 Å². The lowest BCUT2D eigenvalue weighted by Gasteiger charge is -2.34. The molecule has 1 atom stereocenters. The van der Waals surface area contributed by atoms with Crippen molar-refractivity contribution in [3.63, 3.8) is 0 Å². The molecular formula is C35H40F3N3O6. The number of methoxy groups -OCH3 is 1. The topological polar surface area (TPSA) is 92.1 Å². The van der Waals surface area contributed by atoms with E-state index in [0.717, 1.165) is 66.9 Å². The summed E-state index contributed by atoms with van der Waals surface area (Å²) in [6, 6.07) is 14.2. The Hall–Kier alpha value is -4.22. The number of benzene rings is 2. The molecule has 6 rings (SSSR count). The van der Waals surface area contributed by atoms with Crippen molar-refractivity contribution in [2.24, 2.45) is 11.8 Å². The van der Waals surface area contributed by atoms with Gasteiger partial charge in [-0.15, -0.1) is 0 Å². The fraction of sp³-hybridized carbons (Fsp3) is 0.514. The summed E-state index contributed by atoms with van der Waals surface area (Å²) < 4.78 is 51.1. The predicted octanol–water partition coefficient (Wildman–Crippen LogP) is 7.42. The second-order valence-electron chi connectivity index (χ2n) is 12.8. The van der Waals surface area contributed by atoms with Crippen molar-refractivity contribution >= 4 is 17.6 Å².